The van der Waals surface area contributed by atoms with Crippen molar-refractivity contribution in [2.24, 2.45) is 0 Å². The largest absolute Gasteiger partial charge is 0.256 e. The highest BCUT2D eigenvalue weighted by Crippen LogP contribution is 2.32. The monoisotopic (exact) mass is 424 g/mol. The summed E-state index contributed by atoms with van der Waals surface area (Å²) >= 11 is 0. The molecule has 32 heavy (non-hydrogen) atoms. The van der Waals surface area contributed by atoms with Crippen molar-refractivity contribution < 1.29 is 0 Å². The van der Waals surface area contributed by atoms with E-state index in [2.05, 4.69) is 94.2 Å². The van der Waals surface area contributed by atoms with E-state index in [1.807, 2.05) is 30.8 Å². The fourth-order valence-electron chi connectivity index (χ4n) is 3.93. The molecule has 1 aromatic carbocycles. The molecule has 0 fully saturated rings. The van der Waals surface area contributed by atoms with Gasteiger partial charge in [0.2, 0.25) is 0 Å². The van der Waals surface area contributed by atoms with E-state index < -0.39 is 0 Å². The third kappa shape index (κ3) is 4.22. The van der Waals surface area contributed by atoms with Crippen LogP contribution in [-0.2, 0) is 10.8 Å². The van der Waals surface area contributed by atoms with Crippen molar-refractivity contribution in [2.45, 2.75) is 59.3 Å². The smallest absolute Gasteiger partial charge is 0.0858 e. The maximum atomic E-state index is 5.06. The zero-order valence-electron chi connectivity index (χ0n) is 20.1. The summed E-state index contributed by atoms with van der Waals surface area (Å²) < 4.78 is 1.91. The van der Waals surface area contributed by atoms with Crippen LogP contribution in [-0.4, -0.2) is 19.7 Å². The zero-order valence-corrected chi connectivity index (χ0v) is 20.1. The molecule has 0 aliphatic carbocycles. The second-order valence-corrected chi connectivity index (χ2v) is 10.1. The van der Waals surface area contributed by atoms with Gasteiger partial charge < -0.3 is 0 Å². The fourth-order valence-corrected chi connectivity index (χ4v) is 3.93. The van der Waals surface area contributed by atoms with Crippen molar-refractivity contribution in [3.05, 3.63) is 95.2 Å². The Labute approximate surface area is 191 Å². The van der Waals surface area contributed by atoms with E-state index in [1.165, 1.54) is 5.56 Å². The third-order valence-corrected chi connectivity index (χ3v) is 6.09. The van der Waals surface area contributed by atoms with Crippen LogP contribution in [0.1, 0.15) is 63.0 Å². The second kappa shape index (κ2) is 8.01. The van der Waals surface area contributed by atoms with Crippen molar-refractivity contribution in [1.82, 2.24) is 19.7 Å². The van der Waals surface area contributed by atoms with E-state index in [9.17, 15) is 0 Å². The molecule has 0 amide bonds. The first-order valence-corrected chi connectivity index (χ1v) is 11.1. The van der Waals surface area contributed by atoms with Crippen molar-refractivity contribution in [3.63, 3.8) is 0 Å². The highest BCUT2D eigenvalue weighted by molar-refractivity contribution is 5.61. The quantitative estimate of drug-likeness (QED) is 0.372. The molecule has 4 heteroatoms. The summed E-state index contributed by atoms with van der Waals surface area (Å²) in [5.41, 5.74) is 8.15. The number of nitrogens with zero attached hydrogens (tertiary/aromatic N) is 4. The van der Waals surface area contributed by atoms with Crippen LogP contribution in [0, 0.1) is 13.8 Å². The van der Waals surface area contributed by atoms with Gasteiger partial charge >= 0.3 is 0 Å². The SMILES string of the molecule is Cc1ccc(-n2ccc(C(C)(C)c3cccc(-c4cccc(C(C)(C)C)c4)n3)n2)c(C)n1. The molecule has 0 aliphatic heterocycles. The van der Waals surface area contributed by atoms with Gasteiger partial charge in [0.05, 0.1) is 33.9 Å². The summed E-state index contributed by atoms with van der Waals surface area (Å²) in [5, 5.41) is 4.90. The molecule has 0 unspecified atom stereocenters. The lowest BCUT2D eigenvalue weighted by atomic mass is 9.84. The Bertz CT molecular complexity index is 1260. The number of hydrogen-bond donors (Lipinski definition) is 0. The molecule has 0 bridgehead atoms. The van der Waals surface area contributed by atoms with Crippen LogP contribution in [0.25, 0.3) is 16.9 Å². The van der Waals surface area contributed by atoms with Crippen LogP contribution >= 0.6 is 0 Å². The van der Waals surface area contributed by atoms with Crippen molar-refractivity contribution in [3.8, 4) is 16.9 Å². The zero-order chi connectivity index (χ0) is 23.1. The molecular formula is C28H32N4. The van der Waals surface area contributed by atoms with E-state index in [0.29, 0.717) is 0 Å². The normalized spacial score (nSPS) is 12.2. The van der Waals surface area contributed by atoms with Crippen LogP contribution < -0.4 is 0 Å². The van der Waals surface area contributed by atoms with Crippen LogP contribution in [0.15, 0.2) is 66.9 Å². The van der Waals surface area contributed by atoms with Crippen molar-refractivity contribution in [1.29, 1.82) is 0 Å². The number of hydrogen-bond acceptors (Lipinski definition) is 3. The third-order valence-electron chi connectivity index (χ3n) is 6.09. The van der Waals surface area contributed by atoms with E-state index in [1.54, 1.807) is 0 Å². The topological polar surface area (TPSA) is 43.6 Å². The molecule has 0 aliphatic rings. The van der Waals surface area contributed by atoms with Crippen LogP contribution in [0.4, 0.5) is 0 Å². The lowest BCUT2D eigenvalue weighted by molar-refractivity contribution is 0.585. The molecule has 4 rings (SSSR count). The molecule has 0 radical (unpaired) electrons. The van der Waals surface area contributed by atoms with Gasteiger partial charge in [-0.05, 0) is 75.1 Å². The van der Waals surface area contributed by atoms with Gasteiger partial charge in [-0.25, -0.2) is 4.68 Å². The molecular weight excluding hydrogens is 392 g/mol. The first kappa shape index (κ1) is 21.9. The van der Waals surface area contributed by atoms with E-state index in [4.69, 9.17) is 10.1 Å². The van der Waals surface area contributed by atoms with Gasteiger partial charge in [0.15, 0.2) is 0 Å². The summed E-state index contributed by atoms with van der Waals surface area (Å²) in [4.78, 5) is 9.64. The standard InChI is InChI=1S/C28H32N4/c1-19-14-15-24(20(2)29-19)32-17-16-26(31-32)28(6,7)25-13-9-12-23(30-25)21-10-8-11-22(18-21)27(3,4)5/h8-18H,1-7H3. The maximum Gasteiger partial charge on any atom is 0.0858 e. The Kier molecular flexibility index (Phi) is 5.49. The van der Waals surface area contributed by atoms with Gasteiger partial charge in [0.1, 0.15) is 0 Å². The number of aromatic nitrogens is 4. The molecule has 4 nitrogen and oxygen atoms in total. The minimum absolute atomic E-state index is 0.0999. The Hall–Kier alpha value is -3.27. The average Bonchev–Trinajstić information content (AvgIpc) is 3.24. The molecule has 4 aromatic rings. The summed E-state index contributed by atoms with van der Waals surface area (Å²) in [7, 11) is 0. The fraction of sp³-hybridized carbons (Fsp3) is 0.321. The molecule has 0 N–H and O–H groups in total. The Morgan fingerprint density at radius 3 is 2.22 bits per heavy atom. The maximum absolute atomic E-state index is 5.06. The molecule has 0 saturated carbocycles. The average molecular weight is 425 g/mol. The number of aryl methyl sites for hydroxylation is 2. The summed E-state index contributed by atoms with van der Waals surface area (Å²) in [5.74, 6) is 0. The summed E-state index contributed by atoms with van der Waals surface area (Å²) in [6.07, 6.45) is 2.01. The van der Waals surface area contributed by atoms with Crippen LogP contribution in [0.2, 0.25) is 0 Å². The minimum Gasteiger partial charge on any atom is -0.256 e. The Balaban J connectivity index is 1.70. The predicted molar refractivity (Wildman–Crippen MR) is 131 cm³/mol. The molecule has 0 saturated heterocycles. The predicted octanol–water partition coefficient (Wildman–Crippen LogP) is 6.57. The highest BCUT2D eigenvalue weighted by atomic mass is 15.3. The van der Waals surface area contributed by atoms with Gasteiger partial charge in [0, 0.05) is 17.5 Å². The van der Waals surface area contributed by atoms with E-state index in [0.717, 1.165) is 39.7 Å². The number of pyridine rings is 2. The van der Waals surface area contributed by atoms with Gasteiger partial charge in [-0.15, -0.1) is 0 Å². The van der Waals surface area contributed by atoms with Gasteiger partial charge in [-0.2, -0.15) is 5.10 Å². The van der Waals surface area contributed by atoms with E-state index >= 15 is 0 Å². The van der Waals surface area contributed by atoms with Gasteiger partial charge in [-0.1, -0.05) is 45.0 Å². The van der Waals surface area contributed by atoms with Crippen LogP contribution in [0.3, 0.4) is 0 Å². The molecule has 0 spiro atoms. The number of benzene rings is 1. The van der Waals surface area contributed by atoms with Gasteiger partial charge in [0.25, 0.3) is 0 Å². The second-order valence-electron chi connectivity index (χ2n) is 10.1. The lowest BCUT2D eigenvalue weighted by Crippen LogP contribution is -2.22. The summed E-state index contributed by atoms with van der Waals surface area (Å²) in [6, 6.07) is 21.1. The Morgan fingerprint density at radius 1 is 0.750 bits per heavy atom. The number of rotatable bonds is 4. The summed E-state index contributed by atoms with van der Waals surface area (Å²) in [6.45, 7) is 15.1. The molecule has 164 valence electrons. The first-order chi connectivity index (χ1) is 15.1. The highest BCUT2D eigenvalue weighted by Gasteiger charge is 2.28. The van der Waals surface area contributed by atoms with Crippen LogP contribution in [0.5, 0.6) is 0 Å². The van der Waals surface area contributed by atoms with Gasteiger partial charge in [-0.3, -0.25) is 9.97 Å². The molecule has 3 aromatic heterocycles. The van der Waals surface area contributed by atoms with Crippen molar-refractivity contribution in [2.75, 3.05) is 0 Å². The Morgan fingerprint density at radius 2 is 1.50 bits per heavy atom. The lowest BCUT2D eigenvalue weighted by Gasteiger charge is -2.23. The molecule has 0 atom stereocenters. The van der Waals surface area contributed by atoms with Crippen molar-refractivity contribution >= 4 is 0 Å². The first-order valence-electron chi connectivity index (χ1n) is 11.1. The van der Waals surface area contributed by atoms with E-state index in [-0.39, 0.29) is 10.8 Å². The minimum atomic E-state index is -0.338. The molecule has 3 heterocycles.